The number of thiophene rings is 1. The number of carbonyl (C=O) groups is 1. The van der Waals surface area contributed by atoms with Gasteiger partial charge in [-0.3, -0.25) is 4.79 Å². The summed E-state index contributed by atoms with van der Waals surface area (Å²) in [6, 6.07) is 11.7. The molecule has 3 aromatic rings. The predicted octanol–water partition coefficient (Wildman–Crippen LogP) is 4.71. The fraction of sp³-hybridized carbons (Fsp3) is 0.250. The number of nitrogens with zero attached hydrogens (tertiary/aromatic N) is 2. The van der Waals surface area contributed by atoms with E-state index in [1.807, 2.05) is 30.3 Å². The van der Waals surface area contributed by atoms with E-state index in [9.17, 15) is 10.1 Å². The van der Waals surface area contributed by atoms with Gasteiger partial charge in [-0.25, -0.2) is 0 Å². The first kappa shape index (κ1) is 16.6. The van der Waals surface area contributed by atoms with Crippen LogP contribution in [0.5, 0.6) is 0 Å². The van der Waals surface area contributed by atoms with Gasteiger partial charge in [0.25, 0.3) is 5.91 Å². The Morgan fingerprint density at radius 1 is 1.27 bits per heavy atom. The average Bonchev–Trinajstić information content (AvgIpc) is 3.22. The van der Waals surface area contributed by atoms with Crippen molar-refractivity contribution in [1.82, 2.24) is 5.16 Å². The van der Waals surface area contributed by atoms with Crippen LogP contribution in [0.2, 0.25) is 0 Å². The zero-order chi connectivity index (χ0) is 18.1. The number of aromatic nitrogens is 1. The van der Waals surface area contributed by atoms with E-state index in [1.54, 1.807) is 6.92 Å². The molecule has 2 heterocycles. The number of aryl methyl sites for hydroxylation is 2. The standard InChI is InChI=1S/C20H17N3O2S/c1-12-17(18(25-23-12)13-7-3-2-4-8-13)19(24)22-20-15(11-21)14-9-5-6-10-16(14)26-20/h2-4,7-8H,5-6,9-10H2,1H3,(H,22,24). The molecule has 130 valence electrons. The number of nitrogens with one attached hydrogen (secondary N) is 1. The van der Waals surface area contributed by atoms with Gasteiger partial charge in [0.15, 0.2) is 5.76 Å². The molecule has 1 aliphatic carbocycles. The van der Waals surface area contributed by atoms with Gasteiger partial charge in [-0.2, -0.15) is 5.26 Å². The van der Waals surface area contributed by atoms with Crippen LogP contribution in [0.4, 0.5) is 5.00 Å². The van der Waals surface area contributed by atoms with E-state index in [-0.39, 0.29) is 5.91 Å². The normalized spacial score (nSPS) is 13.1. The van der Waals surface area contributed by atoms with E-state index in [1.165, 1.54) is 16.2 Å². The van der Waals surface area contributed by atoms with Crippen LogP contribution >= 0.6 is 11.3 Å². The SMILES string of the molecule is Cc1noc(-c2ccccc2)c1C(=O)Nc1sc2c(c1C#N)CCCC2. The number of fused-ring (bicyclic) bond motifs is 1. The third kappa shape index (κ3) is 2.80. The summed E-state index contributed by atoms with van der Waals surface area (Å²) in [5.41, 5.74) is 3.44. The summed E-state index contributed by atoms with van der Waals surface area (Å²) in [6.45, 7) is 1.75. The minimum absolute atomic E-state index is 0.294. The molecule has 1 amide bonds. The van der Waals surface area contributed by atoms with Gasteiger partial charge in [0, 0.05) is 10.4 Å². The minimum atomic E-state index is -0.294. The maximum absolute atomic E-state index is 13.0. The monoisotopic (exact) mass is 363 g/mol. The maximum atomic E-state index is 13.0. The molecular formula is C20H17N3O2S. The van der Waals surface area contributed by atoms with Gasteiger partial charge in [0.1, 0.15) is 16.6 Å². The summed E-state index contributed by atoms with van der Waals surface area (Å²) < 4.78 is 5.41. The predicted molar refractivity (Wildman–Crippen MR) is 100 cm³/mol. The Kier molecular flexibility index (Phi) is 4.31. The van der Waals surface area contributed by atoms with Crippen LogP contribution in [-0.4, -0.2) is 11.1 Å². The Bertz CT molecular complexity index is 1010. The molecule has 0 spiro atoms. The molecule has 0 bridgehead atoms. The molecule has 0 radical (unpaired) electrons. The highest BCUT2D eigenvalue weighted by Gasteiger charge is 2.26. The lowest BCUT2D eigenvalue weighted by Gasteiger charge is -2.09. The Labute approximate surface area is 155 Å². The fourth-order valence-electron chi connectivity index (χ4n) is 3.36. The van der Waals surface area contributed by atoms with Crippen molar-refractivity contribution < 1.29 is 9.32 Å². The Morgan fingerprint density at radius 3 is 2.81 bits per heavy atom. The van der Waals surface area contributed by atoms with E-state index >= 15 is 0 Å². The Morgan fingerprint density at radius 2 is 2.04 bits per heavy atom. The van der Waals surface area contributed by atoms with Crippen LogP contribution in [-0.2, 0) is 12.8 Å². The largest absolute Gasteiger partial charge is 0.355 e. The summed E-state index contributed by atoms with van der Waals surface area (Å²) in [5.74, 6) is 0.151. The number of rotatable bonds is 3. The summed E-state index contributed by atoms with van der Waals surface area (Å²) in [4.78, 5) is 14.2. The van der Waals surface area contributed by atoms with Crippen molar-refractivity contribution >= 4 is 22.2 Å². The number of anilines is 1. The van der Waals surface area contributed by atoms with Gasteiger partial charge in [0.2, 0.25) is 0 Å². The van der Waals surface area contributed by atoms with Crippen molar-refractivity contribution in [1.29, 1.82) is 5.26 Å². The van der Waals surface area contributed by atoms with E-state index in [2.05, 4.69) is 16.5 Å². The highest BCUT2D eigenvalue weighted by Crippen LogP contribution is 2.38. The number of hydrogen-bond donors (Lipinski definition) is 1. The molecule has 1 aromatic carbocycles. The summed E-state index contributed by atoms with van der Waals surface area (Å²) >= 11 is 1.51. The fourth-order valence-corrected chi connectivity index (χ4v) is 4.60. The number of hydrogen-bond acceptors (Lipinski definition) is 5. The zero-order valence-corrected chi connectivity index (χ0v) is 15.2. The highest BCUT2D eigenvalue weighted by molar-refractivity contribution is 7.16. The smallest absolute Gasteiger partial charge is 0.262 e. The molecule has 0 unspecified atom stereocenters. The molecule has 1 aliphatic rings. The first-order valence-electron chi connectivity index (χ1n) is 8.56. The molecular weight excluding hydrogens is 346 g/mol. The lowest BCUT2D eigenvalue weighted by molar-refractivity contribution is 0.102. The van der Waals surface area contributed by atoms with Crippen molar-refractivity contribution in [3.63, 3.8) is 0 Å². The number of benzene rings is 1. The Balaban J connectivity index is 1.70. The molecule has 4 rings (SSSR count). The van der Waals surface area contributed by atoms with Crippen LogP contribution in [0.1, 0.15) is 44.9 Å². The number of nitriles is 1. The van der Waals surface area contributed by atoms with E-state index in [0.717, 1.165) is 36.8 Å². The van der Waals surface area contributed by atoms with Crippen LogP contribution in [0.15, 0.2) is 34.9 Å². The van der Waals surface area contributed by atoms with Crippen LogP contribution in [0.3, 0.4) is 0 Å². The van der Waals surface area contributed by atoms with Crippen molar-refractivity contribution in [2.75, 3.05) is 5.32 Å². The van der Waals surface area contributed by atoms with Crippen molar-refractivity contribution in [3.8, 4) is 17.4 Å². The molecule has 5 nitrogen and oxygen atoms in total. The second-order valence-corrected chi connectivity index (χ2v) is 7.42. The lowest BCUT2D eigenvalue weighted by Crippen LogP contribution is -2.13. The molecule has 0 saturated carbocycles. The first-order valence-corrected chi connectivity index (χ1v) is 9.38. The van der Waals surface area contributed by atoms with E-state index < -0.39 is 0 Å². The molecule has 6 heteroatoms. The third-order valence-electron chi connectivity index (χ3n) is 4.64. The quantitative estimate of drug-likeness (QED) is 0.730. The lowest BCUT2D eigenvalue weighted by atomic mass is 9.96. The summed E-state index contributed by atoms with van der Waals surface area (Å²) in [5, 5.41) is 17.1. The van der Waals surface area contributed by atoms with Gasteiger partial charge in [-0.15, -0.1) is 11.3 Å². The van der Waals surface area contributed by atoms with Gasteiger partial charge < -0.3 is 9.84 Å². The molecule has 0 atom stereocenters. The third-order valence-corrected chi connectivity index (χ3v) is 5.84. The number of amides is 1. The molecule has 0 saturated heterocycles. The topological polar surface area (TPSA) is 78.9 Å². The van der Waals surface area contributed by atoms with Gasteiger partial charge in [-0.05, 0) is 38.2 Å². The minimum Gasteiger partial charge on any atom is -0.355 e. The van der Waals surface area contributed by atoms with Crippen molar-refractivity contribution in [2.24, 2.45) is 0 Å². The highest BCUT2D eigenvalue weighted by atomic mass is 32.1. The van der Waals surface area contributed by atoms with Crippen molar-refractivity contribution in [2.45, 2.75) is 32.6 Å². The van der Waals surface area contributed by atoms with Gasteiger partial charge in [-0.1, -0.05) is 35.5 Å². The molecule has 26 heavy (non-hydrogen) atoms. The zero-order valence-electron chi connectivity index (χ0n) is 14.3. The molecule has 2 aromatic heterocycles. The second kappa shape index (κ2) is 6.77. The molecule has 0 fully saturated rings. The summed E-state index contributed by atoms with van der Waals surface area (Å²) in [7, 11) is 0. The van der Waals surface area contributed by atoms with Crippen molar-refractivity contribution in [3.05, 3.63) is 57.6 Å². The van der Waals surface area contributed by atoms with Crippen LogP contribution < -0.4 is 5.32 Å². The van der Waals surface area contributed by atoms with Crippen LogP contribution in [0, 0.1) is 18.3 Å². The molecule has 1 N–H and O–H groups in total. The summed E-state index contributed by atoms with van der Waals surface area (Å²) in [6.07, 6.45) is 4.11. The second-order valence-electron chi connectivity index (χ2n) is 6.32. The van der Waals surface area contributed by atoms with E-state index in [4.69, 9.17) is 4.52 Å². The first-order chi connectivity index (χ1) is 12.7. The molecule has 0 aliphatic heterocycles. The number of carbonyl (C=O) groups excluding carboxylic acids is 1. The maximum Gasteiger partial charge on any atom is 0.262 e. The average molecular weight is 363 g/mol. The Hall–Kier alpha value is -2.91. The van der Waals surface area contributed by atoms with E-state index in [0.29, 0.717) is 27.6 Å². The van der Waals surface area contributed by atoms with Gasteiger partial charge >= 0.3 is 0 Å². The van der Waals surface area contributed by atoms with Crippen LogP contribution in [0.25, 0.3) is 11.3 Å². The van der Waals surface area contributed by atoms with Gasteiger partial charge in [0.05, 0.1) is 11.3 Å².